The van der Waals surface area contributed by atoms with Gasteiger partial charge in [0.15, 0.2) is 18.1 Å². The molecule has 0 aromatic heterocycles. The quantitative estimate of drug-likeness (QED) is 0.457. The number of imide groups is 1. The summed E-state index contributed by atoms with van der Waals surface area (Å²) < 4.78 is 47.5. The van der Waals surface area contributed by atoms with E-state index in [1.54, 1.807) is 12.1 Å². The van der Waals surface area contributed by atoms with E-state index in [1.807, 2.05) is 5.32 Å². The molecule has 0 radical (unpaired) electrons. The normalized spacial score (nSPS) is 13.4. The molecule has 3 amide bonds. The fraction of sp³-hybridized carbons (Fsp3) is 0.286. The molecule has 1 heterocycles. The third kappa shape index (κ3) is 6.59. The van der Waals surface area contributed by atoms with Crippen LogP contribution in [0.3, 0.4) is 0 Å². The first-order valence-corrected chi connectivity index (χ1v) is 11.5. The standard InChI is InChI=1S/C21H23N3O9S/c1-13(24-34(28,29)16-6-4-15(30-2)5-7-16)20(26)33-12-19(25)23-21(27)22-14-3-8-17-18(11-14)32-10-9-31-17/h3-8,11,13,24H,9-10,12H2,1-2H3,(H2,22,23,25,27)/t13-/m0/s1. The number of anilines is 1. The molecule has 0 fully saturated rings. The van der Waals surface area contributed by atoms with Gasteiger partial charge in [-0.3, -0.25) is 14.9 Å². The molecule has 12 nitrogen and oxygen atoms in total. The van der Waals surface area contributed by atoms with Gasteiger partial charge in [-0.15, -0.1) is 0 Å². The molecule has 1 aliphatic heterocycles. The number of hydrogen-bond acceptors (Lipinski definition) is 9. The molecule has 0 spiro atoms. The Morgan fingerprint density at radius 3 is 2.38 bits per heavy atom. The molecule has 1 atom stereocenters. The van der Waals surface area contributed by atoms with Crippen molar-refractivity contribution >= 4 is 33.6 Å². The zero-order valence-corrected chi connectivity index (χ0v) is 19.1. The van der Waals surface area contributed by atoms with Gasteiger partial charge in [0, 0.05) is 11.8 Å². The maximum Gasteiger partial charge on any atom is 0.325 e. The summed E-state index contributed by atoms with van der Waals surface area (Å²) in [6.45, 7) is 1.27. The number of rotatable bonds is 8. The van der Waals surface area contributed by atoms with E-state index >= 15 is 0 Å². The van der Waals surface area contributed by atoms with Crippen LogP contribution in [0, 0.1) is 0 Å². The van der Waals surface area contributed by atoms with Gasteiger partial charge in [-0.2, -0.15) is 4.72 Å². The van der Waals surface area contributed by atoms with Crippen LogP contribution in [0.5, 0.6) is 17.2 Å². The molecule has 182 valence electrons. The second-order valence-electron chi connectivity index (χ2n) is 6.99. The number of benzene rings is 2. The van der Waals surface area contributed by atoms with Gasteiger partial charge >= 0.3 is 12.0 Å². The predicted octanol–water partition coefficient (Wildman–Crippen LogP) is 1.02. The molecule has 0 saturated carbocycles. The van der Waals surface area contributed by atoms with Crippen LogP contribution in [0.4, 0.5) is 10.5 Å². The third-order valence-corrected chi connectivity index (χ3v) is 6.01. The molecule has 0 saturated heterocycles. The van der Waals surface area contributed by atoms with Gasteiger partial charge in [0.2, 0.25) is 10.0 Å². The summed E-state index contributed by atoms with van der Waals surface area (Å²) in [5.41, 5.74) is 0.355. The second-order valence-corrected chi connectivity index (χ2v) is 8.70. The molecule has 0 bridgehead atoms. The van der Waals surface area contributed by atoms with Crippen molar-refractivity contribution < 1.29 is 41.7 Å². The van der Waals surface area contributed by atoms with E-state index in [-0.39, 0.29) is 4.90 Å². The summed E-state index contributed by atoms with van der Waals surface area (Å²) in [7, 11) is -2.58. The van der Waals surface area contributed by atoms with E-state index in [2.05, 4.69) is 10.0 Å². The van der Waals surface area contributed by atoms with Crippen molar-refractivity contribution in [2.45, 2.75) is 17.9 Å². The Morgan fingerprint density at radius 2 is 1.71 bits per heavy atom. The number of nitrogens with one attached hydrogen (secondary N) is 3. The van der Waals surface area contributed by atoms with Crippen molar-refractivity contribution in [1.29, 1.82) is 0 Å². The number of methoxy groups -OCH3 is 1. The third-order valence-electron chi connectivity index (χ3n) is 4.45. The van der Waals surface area contributed by atoms with Crippen LogP contribution in [0.25, 0.3) is 0 Å². The molecule has 0 aliphatic carbocycles. The van der Waals surface area contributed by atoms with Crippen LogP contribution >= 0.6 is 0 Å². The molecular weight excluding hydrogens is 470 g/mol. The number of ether oxygens (including phenoxy) is 4. The van der Waals surface area contributed by atoms with Crippen LogP contribution in [0.1, 0.15) is 6.92 Å². The average molecular weight is 493 g/mol. The zero-order chi connectivity index (χ0) is 24.7. The SMILES string of the molecule is COc1ccc(S(=O)(=O)N[C@@H](C)C(=O)OCC(=O)NC(=O)Nc2ccc3c(c2)OCCO3)cc1. The van der Waals surface area contributed by atoms with Crippen molar-refractivity contribution in [3.05, 3.63) is 42.5 Å². The number of fused-ring (bicyclic) bond motifs is 1. The lowest BCUT2D eigenvalue weighted by atomic mass is 10.2. The van der Waals surface area contributed by atoms with E-state index in [0.29, 0.717) is 36.1 Å². The molecule has 34 heavy (non-hydrogen) atoms. The van der Waals surface area contributed by atoms with Crippen molar-refractivity contribution in [2.75, 3.05) is 32.2 Å². The van der Waals surface area contributed by atoms with Gasteiger partial charge in [-0.25, -0.2) is 13.2 Å². The number of urea groups is 1. The summed E-state index contributed by atoms with van der Waals surface area (Å²) in [6.07, 6.45) is 0. The van der Waals surface area contributed by atoms with Gasteiger partial charge in [0.05, 0.1) is 12.0 Å². The van der Waals surface area contributed by atoms with Crippen LogP contribution in [0.15, 0.2) is 47.4 Å². The first-order valence-electron chi connectivity index (χ1n) is 10.0. The van der Waals surface area contributed by atoms with Crippen LogP contribution in [0.2, 0.25) is 0 Å². The molecule has 3 N–H and O–H groups in total. The summed E-state index contributed by atoms with van der Waals surface area (Å²) >= 11 is 0. The van der Waals surface area contributed by atoms with E-state index in [1.165, 1.54) is 44.4 Å². The Hall–Kier alpha value is -3.84. The second kappa shape index (κ2) is 10.9. The molecule has 0 unspecified atom stereocenters. The molecule has 3 rings (SSSR count). The summed E-state index contributed by atoms with van der Waals surface area (Å²) in [4.78, 5) is 35.9. The van der Waals surface area contributed by atoms with Gasteiger partial charge < -0.3 is 24.3 Å². The molecule has 2 aromatic carbocycles. The Labute approximate surface area is 195 Å². The van der Waals surface area contributed by atoms with E-state index in [0.717, 1.165) is 0 Å². The van der Waals surface area contributed by atoms with Crippen LogP contribution in [-0.2, 0) is 24.3 Å². The Balaban J connectivity index is 1.45. The Kier molecular flexibility index (Phi) is 7.91. The van der Waals surface area contributed by atoms with Crippen molar-refractivity contribution in [3.8, 4) is 17.2 Å². The Morgan fingerprint density at radius 1 is 1.03 bits per heavy atom. The largest absolute Gasteiger partial charge is 0.497 e. The first-order chi connectivity index (χ1) is 16.2. The maximum atomic E-state index is 12.4. The molecule has 1 aliphatic rings. The highest BCUT2D eigenvalue weighted by Gasteiger charge is 2.24. The van der Waals surface area contributed by atoms with E-state index in [4.69, 9.17) is 18.9 Å². The minimum Gasteiger partial charge on any atom is -0.497 e. The van der Waals surface area contributed by atoms with E-state index in [9.17, 15) is 22.8 Å². The Bertz CT molecular complexity index is 1170. The minimum atomic E-state index is -4.02. The highest BCUT2D eigenvalue weighted by Crippen LogP contribution is 2.32. The van der Waals surface area contributed by atoms with Crippen molar-refractivity contribution in [2.24, 2.45) is 0 Å². The van der Waals surface area contributed by atoms with Crippen LogP contribution in [-0.4, -0.2) is 59.3 Å². The monoisotopic (exact) mass is 493 g/mol. The molecular formula is C21H23N3O9S. The number of carbonyl (C=O) groups is 3. The predicted molar refractivity (Wildman–Crippen MR) is 118 cm³/mol. The minimum absolute atomic E-state index is 0.0819. The summed E-state index contributed by atoms with van der Waals surface area (Å²) in [6, 6.07) is 8.11. The van der Waals surface area contributed by atoms with Gasteiger partial charge in [-0.1, -0.05) is 0 Å². The summed E-state index contributed by atoms with van der Waals surface area (Å²) in [5, 5.41) is 4.44. The topological polar surface area (TPSA) is 158 Å². The number of amides is 3. The zero-order valence-electron chi connectivity index (χ0n) is 18.3. The maximum absolute atomic E-state index is 12.4. The highest BCUT2D eigenvalue weighted by molar-refractivity contribution is 7.89. The highest BCUT2D eigenvalue weighted by atomic mass is 32.2. The number of hydrogen-bond donors (Lipinski definition) is 3. The number of carbonyl (C=O) groups excluding carboxylic acids is 3. The van der Waals surface area contributed by atoms with Gasteiger partial charge in [0.1, 0.15) is 25.0 Å². The summed E-state index contributed by atoms with van der Waals surface area (Å²) in [5.74, 6) is -0.448. The number of sulfonamides is 1. The van der Waals surface area contributed by atoms with E-state index < -0.39 is 40.6 Å². The average Bonchev–Trinajstić information content (AvgIpc) is 2.82. The molecule has 2 aromatic rings. The fourth-order valence-corrected chi connectivity index (χ4v) is 4.00. The lowest BCUT2D eigenvalue weighted by Gasteiger charge is -2.19. The first kappa shape index (κ1) is 24.8. The van der Waals surface area contributed by atoms with Crippen LogP contribution < -0.4 is 29.6 Å². The smallest absolute Gasteiger partial charge is 0.325 e. The molecule has 13 heteroatoms. The number of esters is 1. The lowest BCUT2D eigenvalue weighted by molar-refractivity contribution is -0.149. The van der Waals surface area contributed by atoms with Crippen molar-refractivity contribution in [1.82, 2.24) is 10.0 Å². The van der Waals surface area contributed by atoms with Gasteiger partial charge in [0.25, 0.3) is 5.91 Å². The van der Waals surface area contributed by atoms with Gasteiger partial charge in [-0.05, 0) is 43.3 Å². The lowest BCUT2D eigenvalue weighted by Crippen LogP contribution is -2.42. The van der Waals surface area contributed by atoms with Crippen molar-refractivity contribution in [3.63, 3.8) is 0 Å². The fourth-order valence-electron chi connectivity index (χ4n) is 2.81.